The summed E-state index contributed by atoms with van der Waals surface area (Å²) in [5, 5.41) is 0. The summed E-state index contributed by atoms with van der Waals surface area (Å²) in [6, 6.07) is 9.52. The van der Waals surface area contributed by atoms with Crippen molar-refractivity contribution in [3.8, 4) is 0 Å². The van der Waals surface area contributed by atoms with Gasteiger partial charge in [-0.15, -0.1) is 0 Å². The van der Waals surface area contributed by atoms with Crippen molar-refractivity contribution >= 4 is 15.9 Å². The molecule has 0 amide bonds. The quantitative estimate of drug-likeness (QED) is 0.811. The highest BCUT2D eigenvalue weighted by molar-refractivity contribution is 9.10. The highest BCUT2D eigenvalue weighted by atomic mass is 79.9. The van der Waals surface area contributed by atoms with Crippen molar-refractivity contribution in [3.05, 3.63) is 34.3 Å². The lowest BCUT2D eigenvalue weighted by molar-refractivity contribution is 0.296. The smallest absolute Gasteiger partial charge is 0.0175 e. The summed E-state index contributed by atoms with van der Waals surface area (Å²) in [7, 11) is 2.25. The molecule has 1 saturated heterocycles. The van der Waals surface area contributed by atoms with Gasteiger partial charge in [-0.1, -0.05) is 28.1 Å². The average Bonchev–Trinajstić information content (AvgIpc) is 2.63. The number of rotatable bonds is 3. The molecule has 0 radical (unpaired) electrons. The lowest BCUT2D eigenvalue weighted by Gasteiger charge is -2.19. The lowest BCUT2D eigenvalue weighted by Crippen LogP contribution is -2.25. The zero-order chi connectivity index (χ0) is 10.7. The fourth-order valence-corrected chi connectivity index (χ4v) is 2.59. The van der Waals surface area contributed by atoms with E-state index in [1.165, 1.54) is 42.3 Å². The van der Waals surface area contributed by atoms with Crippen LogP contribution in [0.1, 0.15) is 24.8 Å². The number of halogens is 1. The molecule has 0 N–H and O–H groups in total. The molecule has 1 aliphatic heterocycles. The predicted molar refractivity (Wildman–Crippen MR) is 68.1 cm³/mol. The third kappa shape index (κ3) is 3.05. The number of likely N-dealkylation sites (tertiary alicyclic amines) is 1. The van der Waals surface area contributed by atoms with Crippen LogP contribution in [0.3, 0.4) is 0 Å². The van der Waals surface area contributed by atoms with Crippen LogP contribution in [0.25, 0.3) is 0 Å². The summed E-state index contributed by atoms with van der Waals surface area (Å²) in [5.41, 5.74) is 1.46. The summed E-state index contributed by atoms with van der Waals surface area (Å²) in [5.74, 6) is 0. The van der Waals surface area contributed by atoms with Crippen LogP contribution in [0.15, 0.2) is 28.7 Å². The number of benzene rings is 1. The van der Waals surface area contributed by atoms with Gasteiger partial charge in [0.15, 0.2) is 0 Å². The summed E-state index contributed by atoms with van der Waals surface area (Å²) in [6.45, 7) is 1.28. The van der Waals surface area contributed by atoms with Crippen LogP contribution < -0.4 is 0 Å². The minimum Gasteiger partial charge on any atom is -0.303 e. The largest absolute Gasteiger partial charge is 0.303 e. The molecule has 1 fully saturated rings. The van der Waals surface area contributed by atoms with Gasteiger partial charge >= 0.3 is 0 Å². The maximum Gasteiger partial charge on any atom is 0.0175 e. The van der Waals surface area contributed by atoms with Crippen molar-refractivity contribution in [2.75, 3.05) is 13.6 Å². The monoisotopic (exact) mass is 267 g/mol. The second-order valence-electron chi connectivity index (χ2n) is 4.44. The van der Waals surface area contributed by atoms with Gasteiger partial charge in [-0.3, -0.25) is 0 Å². The van der Waals surface area contributed by atoms with E-state index in [4.69, 9.17) is 0 Å². The van der Waals surface area contributed by atoms with E-state index in [2.05, 4.69) is 52.1 Å². The van der Waals surface area contributed by atoms with Crippen molar-refractivity contribution in [1.29, 1.82) is 0 Å². The van der Waals surface area contributed by atoms with Crippen LogP contribution in [-0.2, 0) is 6.42 Å². The molecule has 0 saturated carbocycles. The Bertz CT molecular complexity index is 307. The fraction of sp³-hybridized carbons (Fsp3) is 0.538. The van der Waals surface area contributed by atoms with Gasteiger partial charge in [0.05, 0.1) is 0 Å². The first-order chi connectivity index (χ1) is 7.25. The Labute approximate surface area is 101 Å². The topological polar surface area (TPSA) is 3.24 Å². The van der Waals surface area contributed by atoms with E-state index in [1.807, 2.05) is 0 Å². The molecule has 1 nitrogen and oxygen atoms in total. The Morgan fingerprint density at radius 2 is 2.07 bits per heavy atom. The van der Waals surface area contributed by atoms with Gasteiger partial charge in [0.2, 0.25) is 0 Å². The average molecular weight is 268 g/mol. The molecule has 0 spiro atoms. The van der Waals surface area contributed by atoms with Crippen molar-refractivity contribution < 1.29 is 0 Å². The normalized spacial score (nSPS) is 22.1. The van der Waals surface area contributed by atoms with E-state index in [1.54, 1.807) is 0 Å². The van der Waals surface area contributed by atoms with Gasteiger partial charge in [-0.2, -0.15) is 0 Å². The molecule has 0 bridgehead atoms. The Morgan fingerprint density at radius 3 is 2.67 bits per heavy atom. The molecule has 1 aliphatic rings. The Kier molecular flexibility index (Phi) is 3.81. The second kappa shape index (κ2) is 5.13. The molecule has 82 valence electrons. The van der Waals surface area contributed by atoms with Crippen molar-refractivity contribution in [1.82, 2.24) is 4.90 Å². The fourth-order valence-electron chi connectivity index (χ4n) is 2.33. The van der Waals surface area contributed by atoms with Crippen LogP contribution in [-0.4, -0.2) is 24.5 Å². The van der Waals surface area contributed by atoms with E-state index >= 15 is 0 Å². The maximum atomic E-state index is 3.46. The van der Waals surface area contributed by atoms with E-state index in [9.17, 15) is 0 Å². The van der Waals surface area contributed by atoms with E-state index in [0.29, 0.717) is 0 Å². The Balaban J connectivity index is 1.85. The zero-order valence-electron chi connectivity index (χ0n) is 9.25. The van der Waals surface area contributed by atoms with Gasteiger partial charge in [0.25, 0.3) is 0 Å². The van der Waals surface area contributed by atoms with Gasteiger partial charge in [-0.25, -0.2) is 0 Å². The van der Waals surface area contributed by atoms with Crippen LogP contribution in [0.5, 0.6) is 0 Å². The number of aryl methyl sites for hydroxylation is 1. The SMILES string of the molecule is CN1CCCC1CCc1ccc(Br)cc1. The second-order valence-corrected chi connectivity index (χ2v) is 5.36. The summed E-state index contributed by atoms with van der Waals surface area (Å²) < 4.78 is 1.17. The zero-order valence-corrected chi connectivity index (χ0v) is 10.8. The molecular formula is C13H18BrN. The van der Waals surface area contributed by atoms with Gasteiger partial charge < -0.3 is 4.90 Å². The minimum absolute atomic E-state index is 0.814. The molecule has 0 aliphatic carbocycles. The predicted octanol–water partition coefficient (Wildman–Crippen LogP) is 3.48. The van der Waals surface area contributed by atoms with Crippen LogP contribution in [0.4, 0.5) is 0 Å². The standard InChI is InChI=1S/C13H18BrN/c1-15-10-2-3-13(15)9-6-11-4-7-12(14)8-5-11/h4-5,7-8,13H,2-3,6,9-10H2,1H3. The molecular weight excluding hydrogens is 250 g/mol. The first kappa shape index (κ1) is 11.2. The number of nitrogens with zero attached hydrogens (tertiary/aromatic N) is 1. The highest BCUT2D eigenvalue weighted by Gasteiger charge is 2.19. The summed E-state index contributed by atoms with van der Waals surface area (Å²) in [4.78, 5) is 2.50. The van der Waals surface area contributed by atoms with Crippen LogP contribution >= 0.6 is 15.9 Å². The molecule has 1 unspecified atom stereocenters. The Morgan fingerprint density at radius 1 is 1.33 bits per heavy atom. The van der Waals surface area contributed by atoms with Gasteiger partial charge in [0, 0.05) is 10.5 Å². The van der Waals surface area contributed by atoms with Crippen molar-refractivity contribution in [2.45, 2.75) is 31.7 Å². The number of hydrogen-bond donors (Lipinski definition) is 0. The van der Waals surface area contributed by atoms with Gasteiger partial charge in [-0.05, 0) is 57.0 Å². The van der Waals surface area contributed by atoms with Crippen molar-refractivity contribution in [3.63, 3.8) is 0 Å². The molecule has 15 heavy (non-hydrogen) atoms. The molecule has 2 rings (SSSR count). The highest BCUT2D eigenvalue weighted by Crippen LogP contribution is 2.20. The molecule has 1 heterocycles. The molecule has 0 aromatic heterocycles. The van der Waals surface area contributed by atoms with Crippen LogP contribution in [0.2, 0.25) is 0 Å². The maximum absolute atomic E-state index is 3.46. The van der Waals surface area contributed by atoms with Crippen molar-refractivity contribution in [2.24, 2.45) is 0 Å². The summed E-state index contributed by atoms with van der Waals surface area (Å²) in [6.07, 6.45) is 5.27. The Hall–Kier alpha value is -0.340. The molecule has 1 aromatic carbocycles. The first-order valence-corrected chi connectivity index (χ1v) is 6.50. The third-order valence-electron chi connectivity index (χ3n) is 3.35. The molecule has 1 aromatic rings. The third-order valence-corrected chi connectivity index (χ3v) is 3.88. The number of hydrogen-bond acceptors (Lipinski definition) is 1. The van der Waals surface area contributed by atoms with E-state index in [-0.39, 0.29) is 0 Å². The van der Waals surface area contributed by atoms with E-state index in [0.717, 1.165) is 6.04 Å². The van der Waals surface area contributed by atoms with Crippen LogP contribution in [0, 0.1) is 0 Å². The molecule has 2 heteroatoms. The lowest BCUT2D eigenvalue weighted by atomic mass is 10.0. The van der Waals surface area contributed by atoms with E-state index < -0.39 is 0 Å². The summed E-state index contributed by atoms with van der Waals surface area (Å²) >= 11 is 3.46. The molecule has 1 atom stereocenters. The first-order valence-electron chi connectivity index (χ1n) is 5.70. The minimum atomic E-state index is 0.814. The van der Waals surface area contributed by atoms with Gasteiger partial charge in [0.1, 0.15) is 0 Å².